The summed E-state index contributed by atoms with van der Waals surface area (Å²) in [5.74, 6) is 0.558. The number of nitrogens with one attached hydrogen (secondary N) is 1. The zero-order valence-corrected chi connectivity index (χ0v) is 12.5. The maximum Gasteiger partial charge on any atom is 0.0521 e. The summed E-state index contributed by atoms with van der Waals surface area (Å²) in [6.07, 6.45) is 1.10. The molecule has 0 bridgehead atoms. The maximum absolute atomic E-state index is 6.02. The maximum atomic E-state index is 6.02. The van der Waals surface area contributed by atoms with E-state index in [1.165, 1.54) is 5.56 Å². The van der Waals surface area contributed by atoms with E-state index in [4.69, 9.17) is 16.3 Å². The molecule has 0 aromatic heterocycles. The summed E-state index contributed by atoms with van der Waals surface area (Å²) in [6.45, 7) is 3.69. The van der Waals surface area contributed by atoms with Crippen molar-refractivity contribution in [2.24, 2.45) is 5.92 Å². The first kappa shape index (κ1) is 14.8. The van der Waals surface area contributed by atoms with E-state index < -0.39 is 0 Å². The second kappa shape index (κ2) is 7.25. The van der Waals surface area contributed by atoms with Crippen LogP contribution in [-0.4, -0.2) is 44.8 Å². The molecule has 3 nitrogen and oxygen atoms in total. The lowest BCUT2D eigenvalue weighted by molar-refractivity contribution is 0.0208. The molecule has 1 heterocycles. The molecule has 1 aromatic carbocycles. The van der Waals surface area contributed by atoms with Crippen LogP contribution in [0.4, 0.5) is 0 Å². The van der Waals surface area contributed by atoms with Crippen molar-refractivity contribution in [3.05, 3.63) is 34.9 Å². The number of halogens is 1. The van der Waals surface area contributed by atoms with E-state index >= 15 is 0 Å². The fourth-order valence-corrected chi connectivity index (χ4v) is 2.98. The number of hydrogen-bond donors (Lipinski definition) is 1. The summed E-state index contributed by atoms with van der Waals surface area (Å²) >= 11 is 6.02. The van der Waals surface area contributed by atoms with Gasteiger partial charge >= 0.3 is 0 Å². The van der Waals surface area contributed by atoms with Crippen LogP contribution in [0, 0.1) is 5.92 Å². The highest BCUT2D eigenvalue weighted by Crippen LogP contribution is 2.17. The zero-order valence-electron chi connectivity index (χ0n) is 11.7. The van der Waals surface area contributed by atoms with Crippen molar-refractivity contribution in [3.63, 3.8) is 0 Å². The van der Waals surface area contributed by atoms with Crippen LogP contribution in [0.25, 0.3) is 0 Å². The number of rotatable bonds is 5. The molecule has 1 fully saturated rings. The Morgan fingerprint density at radius 2 is 2.32 bits per heavy atom. The molecule has 0 aliphatic carbocycles. The molecule has 0 saturated carbocycles. The lowest BCUT2D eigenvalue weighted by atomic mass is 9.95. The molecule has 0 amide bonds. The lowest BCUT2D eigenvalue weighted by Gasteiger charge is -2.34. The quantitative estimate of drug-likeness (QED) is 0.898. The predicted octanol–water partition coefficient (Wildman–Crippen LogP) is 2.40. The topological polar surface area (TPSA) is 24.5 Å². The first-order valence-corrected chi connectivity index (χ1v) is 7.25. The van der Waals surface area contributed by atoms with Crippen molar-refractivity contribution in [2.75, 3.05) is 33.9 Å². The van der Waals surface area contributed by atoms with Gasteiger partial charge < -0.3 is 15.0 Å². The molecular formula is C15H23ClN2O. The fraction of sp³-hybridized carbons (Fsp3) is 0.600. The summed E-state index contributed by atoms with van der Waals surface area (Å²) < 4.78 is 5.60. The normalized spacial score (nSPS) is 23.8. The second-order valence-electron chi connectivity index (χ2n) is 5.35. The molecule has 4 heteroatoms. The van der Waals surface area contributed by atoms with Crippen LogP contribution < -0.4 is 5.32 Å². The SMILES string of the molecule is CNC1CCOCC1CN(C)Cc1cccc(Cl)c1. The average molecular weight is 283 g/mol. The standard InChI is InChI=1S/C15H23ClN2O/c1-17-15-6-7-19-11-13(15)10-18(2)9-12-4-3-5-14(16)8-12/h3-5,8,13,15,17H,6-7,9-11H2,1-2H3. The van der Waals surface area contributed by atoms with Gasteiger partial charge in [-0.05, 0) is 38.2 Å². The summed E-state index contributed by atoms with van der Waals surface area (Å²) in [6, 6.07) is 8.64. The van der Waals surface area contributed by atoms with Crippen LogP contribution in [-0.2, 0) is 11.3 Å². The third kappa shape index (κ3) is 4.46. The summed E-state index contributed by atoms with van der Waals surface area (Å²) in [5, 5.41) is 4.21. The van der Waals surface area contributed by atoms with Gasteiger partial charge in [0.05, 0.1) is 6.61 Å². The number of benzene rings is 1. The van der Waals surface area contributed by atoms with Crippen LogP contribution in [0.15, 0.2) is 24.3 Å². The van der Waals surface area contributed by atoms with E-state index in [0.717, 1.165) is 37.7 Å². The van der Waals surface area contributed by atoms with Gasteiger partial charge in [-0.2, -0.15) is 0 Å². The minimum absolute atomic E-state index is 0.558. The van der Waals surface area contributed by atoms with E-state index in [-0.39, 0.29) is 0 Å². The van der Waals surface area contributed by atoms with Crippen molar-refractivity contribution < 1.29 is 4.74 Å². The van der Waals surface area contributed by atoms with Crippen molar-refractivity contribution in [1.82, 2.24) is 10.2 Å². The van der Waals surface area contributed by atoms with Gasteiger partial charge in [-0.25, -0.2) is 0 Å². The van der Waals surface area contributed by atoms with Gasteiger partial charge in [0, 0.05) is 36.7 Å². The lowest BCUT2D eigenvalue weighted by Crippen LogP contribution is -2.45. The van der Waals surface area contributed by atoms with Gasteiger partial charge in [-0.1, -0.05) is 23.7 Å². The molecular weight excluding hydrogens is 260 g/mol. The van der Waals surface area contributed by atoms with Crippen LogP contribution in [0.1, 0.15) is 12.0 Å². The summed E-state index contributed by atoms with van der Waals surface area (Å²) in [5.41, 5.74) is 1.26. The van der Waals surface area contributed by atoms with Gasteiger partial charge in [-0.3, -0.25) is 0 Å². The molecule has 1 N–H and O–H groups in total. The van der Waals surface area contributed by atoms with Crippen molar-refractivity contribution in [3.8, 4) is 0 Å². The van der Waals surface area contributed by atoms with Gasteiger partial charge in [0.15, 0.2) is 0 Å². The Kier molecular flexibility index (Phi) is 5.64. The Morgan fingerprint density at radius 3 is 3.05 bits per heavy atom. The van der Waals surface area contributed by atoms with Crippen LogP contribution in [0.2, 0.25) is 5.02 Å². The average Bonchev–Trinajstić information content (AvgIpc) is 2.39. The number of hydrogen-bond acceptors (Lipinski definition) is 3. The Labute approximate surface area is 120 Å². The number of nitrogens with zero attached hydrogens (tertiary/aromatic N) is 1. The smallest absolute Gasteiger partial charge is 0.0521 e. The van der Waals surface area contributed by atoms with Crippen molar-refractivity contribution in [2.45, 2.75) is 19.0 Å². The molecule has 1 aliphatic heterocycles. The monoisotopic (exact) mass is 282 g/mol. The third-order valence-electron chi connectivity index (χ3n) is 3.73. The van der Waals surface area contributed by atoms with Gasteiger partial charge in [0.25, 0.3) is 0 Å². The van der Waals surface area contributed by atoms with Crippen LogP contribution in [0.5, 0.6) is 0 Å². The van der Waals surface area contributed by atoms with Gasteiger partial charge in [-0.15, -0.1) is 0 Å². The second-order valence-corrected chi connectivity index (χ2v) is 5.78. The van der Waals surface area contributed by atoms with Crippen LogP contribution >= 0.6 is 11.6 Å². The third-order valence-corrected chi connectivity index (χ3v) is 3.97. The van der Waals surface area contributed by atoms with E-state index in [0.29, 0.717) is 12.0 Å². The Balaban J connectivity index is 1.87. The molecule has 106 valence electrons. The Morgan fingerprint density at radius 1 is 1.47 bits per heavy atom. The summed E-state index contributed by atoms with van der Waals surface area (Å²) in [7, 11) is 4.20. The van der Waals surface area contributed by atoms with Crippen molar-refractivity contribution in [1.29, 1.82) is 0 Å². The van der Waals surface area contributed by atoms with Crippen molar-refractivity contribution >= 4 is 11.6 Å². The molecule has 19 heavy (non-hydrogen) atoms. The Hall–Kier alpha value is -0.610. The van der Waals surface area contributed by atoms with E-state index in [2.05, 4.69) is 23.3 Å². The minimum atomic E-state index is 0.558. The highest BCUT2D eigenvalue weighted by atomic mass is 35.5. The minimum Gasteiger partial charge on any atom is -0.381 e. The number of ether oxygens (including phenoxy) is 1. The van der Waals surface area contributed by atoms with E-state index in [1.807, 2.05) is 25.2 Å². The van der Waals surface area contributed by atoms with Gasteiger partial charge in [0.1, 0.15) is 0 Å². The van der Waals surface area contributed by atoms with E-state index in [1.54, 1.807) is 0 Å². The molecule has 1 aromatic rings. The summed E-state index contributed by atoms with van der Waals surface area (Å²) in [4.78, 5) is 2.34. The molecule has 2 atom stereocenters. The first-order chi connectivity index (χ1) is 9.19. The van der Waals surface area contributed by atoms with Crippen LogP contribution in [0.3, 0.4) is 0 Å². The molecule has 2 rings (SSSR count). The first-order valence-electron chi connectivity index (χ1n) is 6.87. The largest absolute Gasteiger partial charge is 0.381 e. The highest BCUT2D eigenvalue weighted by molar-refractivity contribution is 6.30. The molecule has 2 unspecified atom stereocenters. The molecule has 1 aliphatic rings. The zero-order chi connectivity index (χ0) is 13.7. The van der Waals surface area contributed by atoms with E-state index in [9.17, 15) is 0 Å². The highest BCUT2D eigenvalue weighted by Gasteiger charge is 2.25. The fourth-order valence-electron chi connectivity index (χ4n) is 2.77. The van der Waals surface area contributed by atoms with Gasteiger partial charge in [0.2, 0.25) is 0 Å². The molecule has 0 spiro atoms. The molecule has 0 radical (unpaired) electrons. The Bertz CT molecular complexity index is 399. The predicted molar refractivity (Wildman–Crippen MR) is 79.6 cm³/mol. The molecule has 1 saturated heterocycles.